The number of carbonyl (C=O) groups excluding carboxylic acids is 1. The van der Waals surface area contributed by atoms with E-state index in [9.17, 15) is 37.5 Å². The van der Waals surface area contributed by atoms with E-state index in [1.165, 1.54) is 70.8 Å². The average molecular weight is 790 g/mol. The minimum atomic E-state index is -4.48. The van der Waals surface area contributed by atoms with Crippen molar-refractivity contribution in [1.82, 2.24) is 19.0 Å². The second-order valence-corrected chi connectivity index (χ2v) is 15.1. The molecule has 1 saturated heterocycles. The fraction of sp³-hybridized carbons (Fsp3) is 0.256. The molecule has 17 heteroatoms. The van der Waals surface area contributed by atoms with Crippen molar-refractivity contribution in [3.63, 3.8) is 0 Å². The number of amides is 1. The van der Waals surface area contributed by atoms with E-state index in [0.717, 1.165) is 23.0 Å². The highest BCUT2D eigenvalue weighted by Gasteiger charge is 2.26. The summed E-state index contributed by atoms with van der Waals surface area (Å²) in [5, 5.41) is 12.0. The summed E-state index contributed by atoms with van der Waals surface area (Å²) in [5.41, 5.74) is -0.355. The number of hydrogen-bond acceptors (Lipinski definition) is 8. The molecule has 2 aromatic heterocycles. The summed E-state index contributed by atoms with van der Waals surface area (Å²) in [4.78, 5) is 63.2. The van der Waals surface area contributed by atoms with Crippen molar-refractivity contribution in [2.45, 2.75) is 50.0 Å². The summed E-state index contributed by atoms with van der Waals surface area (Å²) in [5.74, 6) is -5.22. The van der Waals surface area contributed by atoms with Gasteiger partial charge in [-0.3, -0.25) is 23.7 Å². The maximum absolute atomic E-state index is 15.2. The van der Waals surface area contributed by atoms with Crippen molar-refractivity contribution >= 4 is 27.6 Å². The first-order valence-corrected chi connectivity index (χ1v) is 18.9. The van der Waals surface area contributed by atoms with Gasteiger partial charge in [0.05, 0.1) is 21.8 Å². The fourth-order valence-electron chi connectivity index (χ4n) is 6.42. The number of nitrogens with one attached hydrogen (secondary N) is 2. The number of carboxylic acid groups (broad SMARTS) is 1. The van der Waals surface area contributed by atoms with Gasteiger partial charge in [-0.15, -0.1) is 0 Å². The molecule has 292 valence electrons. The van der Waals surface area contributed by atoms with Gasteiger partial charge >= 0.3 is 11.7 Å². The number of hydrogen-bond donors (Lipinski definition) is 3. The van der Waals surface area contributed by atoms with Crippen LogP contribution >= 0.6 is 0 Å². The van der Waals surface area contributed by atoms with Crippen LogP contribution in [0.5, 0.6) is 0 Å². The monoisotopic (exact) mass is 789 g/mol. The largest absolute Gasteiger partial charge is 0.480 e. The molecule has 5 aromatic rings. The molecule has 3 aromatic carbocycles. The van der Waals surface area contributed by atoms with E-state index in [4.69, 9.17) is 4.74 Å². The van der Waals surface area contributed by atoms with Gasteiger partial charge in [0.25, 0.3) is 27.0 Å². The minimum absolute atomic E-state index is 0.208. The highest BCUT2D eigenvalue weighted by atomic mass is 32.2. The van der Waals surface area contributed by atoms with Crippen LogP contribution in [0.25, 0.3) is 11.4 Å². The zero-order chi connectivity index (χ0) is 40.5. The molecular weight excluding hydrogens is 753 g/mol. The lowest BCUT2D eigenvalue weighted by molar-refractivity contribution is -0.139. The summed E-state index contributed by atoms with van der Waals surface area (Å²) in [6, 6.07) is 13.6. The number of carbonyl (C=O) groups is 2. The lowest BCUT2D eigenvalue weighted by atomic mass is 9.92. The van der Waals surface area contributed by atoms with Gasteiger partial charge in [-0.1, -0.05) is 12.1 Å². The van der Waals surface area contributed by atoms with Crippen molar-refractivity contribution in [3.8, 4) is 11.4 Å². The second-order valence-electron chi connectivity index (χ2n) is 13.4. The zero-order valence-corrected chi connectivity index (χ0v) is 31.2. The van der Waals surface area contributed by atoms with E-state index < -0.39 is 62.1 Å². The third-order valence-corrected chi connectivity index (χ3v) is 11.3. The number of rotatable bonds is 11. The Hall–Kier alpha value is -6.20. The lowest BCUT2D eigenvalue weighted by Gasteiger charge is -2.22. The molecule has 1 amide bonds. The summed E-state index contributed by atoms with van der Waals surface area (Å²) in [6.07, 6.45) is 2.90. The standard InChI is InChI=1S/C39H37F2N5O9S/c1-22-23(2)44(3)39(52)46(37(22)49)28-6-4-24(5-7-28)18-34(38(50)51)42-36(48)30-20-32(41)33(21-31(30)40)43-56(53,54)29-10-8-27(9-11-29)45-15-12-26(19-35(45)47)25-13-16-55-17-14-25/h4-12,15,19-21,25,34,43H,13-14,16-18H2,1-3H3,(H,42,48)(H,50,51)/t34-/m0/s1. The van der Waals surface area contributed by atoms with E-state index in [0.29, 0.717) is 47.9 Å². The number of benzene rings is 3. The molecular formula is C39H37F2N5O9S. The highest BCUT2D eigenvalue weighted by molar-refractivity contribution is 7.92. The molecule has 0 bridgehead atoms. The molecule has 3 N–H and O–H groups in total. The predicted octanol–water partition coefficient (Wildman–Crippen LogP) is 3.70. The average Bonchev–Trinajstić information content (AvgIpc) is 3.18. The van der Waals surface area contributed by atoms with E-state index in [-0.39, 0.29) is 28.5 Å². The van der Waals surface area contributed by atoms with Crippen LogP contribution in [0.3, 0.4) is 0 Å². The highest BCUT2D eigenvalue weighted by Crippen LogP contribution is 2.27. The molecule has 1 aliphatic heterocycles. The van der Waals surface area contributed by atoms with Crippen molar-refractivity contribution in [1.29, 1.82) is 0 Å². The molecule has 56 heavy (non-hydrogen) atoms. The third-order valence-electron chi connectivity index (χ3n) is 9.89. The SMILES string of the molecule is Cc1c(C)n(C)c(=O)n(-c2ccc(C[C@H](NC(=O)c3cc(F)c(NS(=O)(=O)c4ccc(-n5ccc(C6CCOCC6)cc5=O)cc4)cc3F)C(=O)O)cc2)c1=O. The number of halogens is 2. The molecule has 0 spiro atoms. The molecule has 0 radical (unpaired) electrons. The molecule has 6 rings (SSSR count). The molecule has 14 nitrogen and oxygen atoms in total. The number of pyridine rings is 1. The molecule has 1 fully saturated rings. The first-order valence-electron chi connectivity index (χ1n) is 17.4. The maximum Gasteiger partial charge on any atom is 0.335 e. The summed E-state index contributed by atoms with van der Waals surface area (Å²) >= 11 is 0. The minimum Gasteiger partial charge on any atom is -0.480 e. The quantitative estimate of drug-likeness (QED) is 0.179. The number of anilines is 1. The number of aromatic nitrogens is 3. The summed E-state index contributed by atoms with van der Waals surface area (Å²) in [7, 11) is -2.96. The van der Waals surface area contributed by atoms with E-state index in [2.05, 4.69) is 5.32 Å². The number of carboxylic acids is 1. The van der Waals surface area contributed by atoms with Crippen LogP contribution in [0.4, 0.5) is 14.5 Å². The van der Waals surface area contributed by atoms with Gasteiger partial charge in [-0.2, -0.15) is 0 Å². The Balaban J connectivity index is 1.13. The zero-order valence-electron chi connectivity index (χ0n) is 30.4. The smallest absolute Gasteiger partial charge is 0.335 e. The van der Waals surface area contributed by atoms with Crippen LogP contribution in [0, 0.1) is 25.5 Å². The summed E-state index contributed by atoms with van der Waals surface area (Å²) < 4.78 is 67.7. The van der Waals surface area contributed by atoms with Crippen molar-refractivity contribution in [2.24, 2.45) is 7.05 Å². The van der Waals surface area contributed by atoms with Crippen LogP contribution in [0.1, 0.15) is 51.5 Å². The van der Waals surface area contributed by atoms with Crippen LogP contribution < -0.4 is 26.8 Å². The Morgan fingerprint density at radius 3 is 2.18 bits per heavy atom. The predicted molar refractivity (Wildman–Crippen MR) is 201 cm³/mol. The molecule has 0 unspecified atom stereocenters. The Morgan fingerprint density at radius 2 is 1.55 bits per heavy atom. The van der Waals surface area contributed by atoms with Gasteiger partial charge < -0.3 is 19.7 Å². The van der Waals surface area contributed by atoms with Crippen LogP contribution in [0.15, 0.2) is 98.3 Å². The number of sulfonamides is 1. The Morgan fingerprint density at radius 1 is 0.911 bits per heavy atom. The lowest BCUT2D eigenvalue weighted by Crippen LogP contribution is -2.42. The van der Waals surface area contributed by atoms with Gasteiger partial charge in [0.1, 0.15) is 17.7 Å². The van der Waals surface area contributed by atoms with Crippen molar-refractivity contribution in [2.75, 3.05) is 17.9 Å². The van der Waals surface area contributed by atoms with Gasteiger partial charge in [0.2, 0.25) is 0 Å². The summed E-state index contributed by atoms with van der Waals surface area (Å²) in [6.45, 7) is 4.46. The van der Waals surface area contributed by atoms with Gasteiger partial charge in [0.15, 0.2) is 0 Å². The molecule has 0 saturated carbocycles. The maximum atomic E-state index is 15.2. The first kappa shape index (κ1) is 39.5. The van der Waals surface area contributed by atoms with Gasteiger partial charge in [0, 0.05) is 62.0 Å². The molecule has 1 aliphatic rings. The van der Waals surface area contributed by atoms with Gasteiger partial charge in [-0.25, -0.2) is 31.4 Å². The molecule has 1 atom stereocenters. The number of ether oxygens (including phenoxy) is 1. The third kappa shape index (κ3) is 8.08. The Kier molecular flexibility index (Phi) is 11.2. The van der Waals surface area contributed by atoms with Crippen LogP contribution in [0.2, 0.25) is 0 Å². The van der Waals surface area contributed by atoms with Crippen molar-refractivity contribution in [3.05, 3.63) is 150 Å². The topological polar surface area (TPSA) is 188 Å². The first-order chi connectivity index (χ1) is 26.5. The second kappa shape index (κ2) is 15.9. The van der Waals surface area contributed by atoms with Gasteiger partial charge in [-0.05, 0) is 92.3 Å². The number of aliphatic carboxylic acids is 1. The van der Waals surface area contributed by atoms with E-state index in [1.54, 1.807) is 20.0 Å². The van der Waals surface area contributed by atoms with E-state index >= 15 is 8.78 Å². The normalized spacial score (nSPS) is 13.9. The van der Waals surface area contributed by atoms with Crippen LogP contribution in [-0.4, -0.2) is 58.4 Å². The molecule has 3 heterocycles. The number of nitrogens with zero attached hydrogens (tertiary/aromatic N) is 3. The molecule has 0 aliphatic carbocycles. The Bertz CT molecular complexity index is 2600. The fourth-order valence-corrected chi connectivity index (χ4v) is 7.47. The van der Waals surface area contributed by atoms with Crippen molar-refractivity contribution < 1.29 is 36.6 Å². The van der Waals surface area contributed by atoms with E-state index in [1.807, 2.05) is 10.8 Å². The Labute approximate surface area is 318 Å². The van der Waals surface area contributed by atoms with Crippen LogP contribution in [-0.2, 0) is 33.0 Å².